The highest BCUT2D eigenvalue weighted by Crippen LogP contribution is 2.33. The fourth-order valence-corrected chi connectivity index (χ4v) is 2.19. The molecule has 2 atom stereocenters. The number of aromatic hydroxyl groups is 1. The molecule has 0 saturated carbocycles. The summed E-state index contributed by atoms with van der Waals surface area (Å²) < 4.78 is 0. The highest BCUT2D eigenvalue weighted by Gasteiger charge is 2.31. The first-order valence-corrected chi connectivity index (χ1v) is 6.01. The van der Waals surface area contributed by atoms with Crippen LogP contribution in [0.3, 0.4) is 0 Å². The van der Waals surface area contributed by atoms with Gasteiger partial charge in [0.25, 0.3) is 5.69 Å². The summed E-state index contributed by atoms with van der Waals surface area (Å²) in [5, 5.41) is 26.0. The molecule has 0 bridgehead atoms. The Morgan fingerprint density at radius 1 is 1.58 bits per heavy atom. The third-order valence-electron chi connectivity index (χ3n) is 3.28. The first-order valence-electron chi connectivity index (χ1n) is 6.01. The smallest absolute Gasteiger partial charge is 0.296 e. The van der Waals surface area contributed by atoms with E-state index in [1.165, 1.54) is 18.2 Å². The van der Waals surface area contributed by atoms with Crippen LogP contribution in [0.25, 0.3) is 0 Å². The van der Waals surface area contributed by atoms with Crippen LogP contribution >= 0.6 is 0 Å². The van der Waals surface area contributed by atoms with Gasteiger partial charge in [-0.05, 0) is 24.9 Å². The molecule has 1 aromatic rings. The highest BCUT2D eigenvalue weighted by molar-refractivity contribution is 5.98. The molecule has 3 N–H and O–H groups in total. The number of hydrogen-bond acceptors (Lipinski definition) is 5. The van der Waals surface area contributed by atoms with Gasteiger partial charge in [-0.15, -0.1) is 0 Å². The van der Waals surface area contributed by atoms with Crippen molar-refractivity contribution in [3.8, 4) is 5.75 Å². The Hall–Kier alpha value is -2.15. The normalized spacial score (nSPS) is 22.2. The minimum atomic E-state index is -0.638. The van der Waals surface area contributed by atoms with Crippen LogP contribution in [0.2, 0.25) is 0 Å². The van der Waals surface area contributed by atoms with Crippen molar-refractivity contribution in [1.82, 2.24) is 5.32 Å². The third kappa shape index (κ3) is 2.65. The van der Waals surface area contributed by atoms with Gasteiger partial charge in [0.1, 0.15) is 5.75 Å². The number of nitro benzene ring substituents is 1. The summed E-state index contributed by atoms with van der Waals surface area (Å²) in [5.41, 5.74) is -0.475. The molecule has 19 heavy (non-hydrogen) atoms. The van der Waals surface area contributed by atoms with Crippen LogP contribution in [0, 0.1) is 16.0 Å². The molecule has 102 valence electrons. The molecule has 0 spiro atoms. The quantitative estimate of drug-likeness (QED) is 0.433. The predicted octanol–water partition coefficient (Wildman–Crippen LogP) is 1.24. The summed E-state index contributed by atoms with van der Waals surface area (Å²) in [6.45, 7) is 2.67. The number of para-hydroxylation sites is 1. The van der Waals surface area contributed by atoms with Crippen LogP contribution in [-0.2, 0) is 4.79 Å². The number of nitro groups is 1. The summed E-state index contributed by atoms with van der Waals surface area (Å²) >= 11 is 0. The second kappa shape index (κ2) is 5.23. The van der Waals surface area contributed by atoms with Crippen molar-refractivity contribution in [3.63, 3.8) is 0 Å². The van der Waals surface area contributed by atoms with E-state index in [9.17, 15) is 20.0 Å². The van der Waals surface area contributed by atoms with E-state index in [0.29, 0.717) is 0 Å². The minimum Gasteiger partial charge on any atom is -0.505 e. The van der Waals surface area contributed by atoms with Crippen molar-refractivity contribution in [2.75, 3.05) is 11.9 Å². The molecular weight excluding hydrogens is 250 g/mol. The number of phenolic OH excluding ortho intramolecular Hbond substituents is 1. The Morgan fingerprint density at radius 2 is 2.32 bits per heavy atom. The van der Waals surface area contributed by atoms with E-state index < -0.39 is 4.92 Å². The molecule has 1 saturated heterocycles. The fourth-order valence-electron chi connectivity index (χ4n) is 2.19. The number of carbonyl (C=O) groups is 1. The second-order valence-corrected chi connectivity index (χ2v) is 4.62. The van der Waals surface area contributed by atoms with Crippen LogP contribution in [0.15, 0.2) is 18.2 Å². The zero-order valence-corrected chi connectivity index (χ0v) is 10.4. The monoisotopic (exact) mass is 265 g/mol. The number of phenols is 1. The lowest BCUT2D eigenvalue weighted by atomic mass is 10.0. The zero-order valence-electron chi connectivity index (χ0n) is 10.4. The summed E-state index contributed by atoms with van der Waals surface area (Å²) in [5.74, 6) is -0.521. The van der Waals surface area contributed by atoms with E-state index in [0.717, 1.165) is 13.0 Å². The maximum absolute atomic E-state index is 12.0. The maximum atomic E-state index is 12.0. The largest absolute Gasteiger partial charge is 0.505 e. The van der Waals surface area contributed by atoms with E-state index in [1.54, 1.807) is 0 Å². The van der Waals surface area contributed by atoms with Crippen LogP contribution in [0.1, 0.15) is 13.3 Å². The Labute approximate surface area is 109 Å². The van der Waals surface area contributed by atoms with Gasteiger partial charge in [-0.1, -0.05) is 13.0 Å². The van der Waals surface area contributed by atoms with Crippen molar-refractivity contribution in [3.05, 3.63) is 28.3 Å². The number of nitrogens with zero attached hydrogens (tertiary/aromatic N) is 1. The number of anilines is 1. The number of rotatable bonds is 3. The lowest BCUT2D eigenvalue weighted by Crippen LogP contribution is -2.39. The summed E-state index contributed by atoms with van der Waals surface area (Å²) in [7, 11) is 0. The molecule has 1 amide bonds. The molecule has 1 fully saturated rings. The van der Waals surface area contributed by atoms with Gasteiger partial charge in [0.2, 0.25) is 5.91 Å². The van der Waals surface area contributed by atoms with Gasteiger partial charge < -0.3 is 15.7 Å². The van der Waals surface area contributed by atoms with Crippen molar-refractivity contribution < 1.29 is 14.8 Å². The number of hydrogen-bond donors (Lipinski definition) is 3. The predicted molar refractivity (Wildman–Crippen MR) is 69.0 cm³/mol. The van der Waals surface area contributed by atoms with Gasteiger partial charge in [-0.25, -0.2) is 0 Å². The molecule has 1 heterocycles. The summed E-state index contributed by atoms with van der Waals surface area (Å²) in [4.78, 5) is 22.3. The van der Waals surface area contributed by atoms with Crippen molar-refractivity contribution in [2.24, 2.45) is 5.92 Å². The van der Waals surface area contributed by atoms with Crippen molar-refractivity contribution >= 4 is 17.3 Å². The van der Waals surface area contributed by atoms with Crippen molar-refractivity contribution in [2.45, 2.75) is 19.4 Å². The molecule has 2 rings (SSSR count). The van der Waals surface area contributed by atoms with Gasteiger partial charge in [-0.2, -0.15) is 0 Å². The molecule has 7 heteroatoms. The summed E-state index contributed by atoms with van der Waals surface area (Å²) in [6.07, 6.45) is 0.876. The Kier molecular flexibility index (Phi) is 3.66. The number of carbonyl (C=O) groups excluding carboxylic acids is 1. The van der Waals surface area contributed by atoms with Crippen LogP contribution in [-0.4, -0.2) is 28.5 Å². The first-order chi connectivity index (χ1) is 9.00. The number of benzene rings is 1. The Balaban J connectivity index is 2.23. The van der Waals surface area contributed by atoms with E-state index in [4.69, 9.17) is 0 Å². The molecule has 2 unspecified atom stereocenters. The molecule has 0 aromatic heterocycles. The molecule has 0 radical (unpaired) electrons. The molecule has 1 aromatic carbocycles. The van der Waals surface area contributed by atoms with Crippen molar-refractivity contribution in [1.29, 1.82) is 0 Å². The van der Waals surface area contributed by atoms with E-state index >= 15 is 0 Å². The van der Waals surface area contributed by atoms with Gasteiger partial charge in [-0.3, -0.25) is 14.9 Å². The van der Waals surface area contributed by atoms with Gasteiger partial charge in [0, 0.05) is 6.07 Å². The molecular formula is C12H15N3O4. The van der Waals surface area contributed by atoms with Gasteiger partial charge in [0.05, 0.1) is 11.0 Å². The van der Waals surface area contributed by atoms with Crippen LogP contribution < -0.4 is 10.6 Å². The standard InChI is InChI=1S/C12H15N3O4/c1-7-5-6-13-10(7)12(17)14-11-8(15(18)19)3-2-4-9(11)16/h2-4,7,10,13,16H,5-6H2,1H3,(H,14,17). The van der Waals surface area contributed by atoms with Crippen LogP contribution in [0.4, 0.5) is 11.4 Å². The van der Waals surface area contributed by atoms with Gasteiger partial charge >= 0.3 is 0 Å². The molecule has 1 aliphatic rings. The molecule has 0 aliphatic carbocycles. The van der Waals surface area contributed by atoms with E-state index in [2.05, 4.69) is 10.6 Å². The Bertz CT molecular complexity index is 518. The zero-order chi connectivity index (χ0) is 14.0. The minimum absolute atomic E-state index is 0.154. The van der Waals surface area contributed by atoms with Gasteiger partial charge in [0.15, 0.2) is 5.69 Å². The molecule has 1 aliphatic heterocycles. The lowest BCUT2D eigenvalue weighted by molar-refractivity contribution is -0.384. The second-order valence-electron chi connectivity index (χ2n) is 4.62. The SMILES string of the molecule is CC1CCNC1C(=O)Nc1c(O)cccc1[N+](=O)[O-]. The lowest BCUT2D eigenvalue weighted by Gasteiger charge is -2.15. The van der Waals surface area contributed by atoms with Crippen LogP contribution in [0.5, 0.6) is 5.75 Å². The maximum Gasteiger partial charge on any atom is 0.296 e. The average Bonchev–Trinajstić information content (AvgIpc) is 2.77. The van der Waals surface area contributed by atoms with E-state index in [1.807, 2.05) is 6.92 Å². The fraction of sp³-hybridized carbons (Fsp3) is 0.417. The Morgan fingerprint density at radius 3 is 2.89 bits per heavy atom. The highest BCUT2D eigenvalue weighted by atomic mass is 16.6. The average molecular weight is 265 g/mol. The number of nitrogens with one attached hydrogen (secondary N) is 2. The third-order valence-corrected chi connectivity index (χ3v) is 3.28. The topological polar surface area (TPSA) is 104 Å². The van der Waals surface area contributed by atoms with E-state index in [-0.39, 0.29) is 35.0 Å². The first kappa shape index (κ1) is 13.3. The molecule has 7 nitrogen and oxygen atoms in total. The summed E-state index contributed by atoms with van der Waals surface area (Å²) in [6, 6.07) is 3.51. The number of amides is 1.